The average Bonchev–Trinajstić information content (AvgIpc) is 2.23. The average molecular weight is 220 g/mol. The van der Waals surface area contributed by atoms with E-state index >= 15 is 0 Å². The third-order valence-corrected chi connectivity index (χ3v) is 2.70. The number of aryl methyl sites for hydroxylation is 2. The van der Waals surface area contributed by atoms with Crippen LogP contribution in [0.1, 0.15) is 30.5 Å². The predicted octanol–water partition coefficient (Wildman–Crippen LogP) is 3.44. The van der Waals surface area contributed by atoms with Crippen molar-refractivity contribution >= 4 is 28.8 Å². The number of isothiocyanates is 1. The first-order valence-corrected chi connectivity index (χ1v) is 5.55. The summed E-state index contributed by atoms with van der Waals surface area (Å²) >= 11 is 4.65. The highest BCUT2D eigenvalue weighted by Gasteiger charge is 2.11. The summed E-state index contributed by atoms with van der Waals surface area (Å²) in [5, 5.41) is 2.42. The van der Waals surface area contributed by atoms with Gasteiger partial charge in [-0.3, -0.25) is 0 Å². The Morgan fingerprint density at radius 2 is 2.07 bits per heavy atom. The molecule has 0 bridgehead atoms. The van der Waals surface area contributed by atoms with Gasteiger partial charge in [0.25, 0.3) is 0 Å². The maximum Gasteiger partial charge on any atom is 0.0821 e. The van der Waals surface area contributed by atoms with Crippen LogP contribution in [-0.4, -0.2) is 5.16 Å². The summed E-state index contributed by atoms with van der Waals surface area (Å²) < 4.78 is 0. The summed E-state index contributed by atoms with van der Waals surface area (Å²) in [6.07, 6.45) is 1.82. The molecule has 3 heteroatoms. The van der Waals surface area contributed by atoms with E-state index in [1.54, 1.807) is 0 Å². The number of thiocarbonyl (C=S) groups is 1. The predicted molar refractivity (Wildman–Crippen MR) is 69.0 cm³/mol. The molecule has 0 fully saturated rings. The smallest absolute Gasteiger partial charge is 0.0821 e. The van der Waals surface area contributed by atoms with Gasteiger partial charge in [-0.05, 0) is 43.1 Å². The molecular weight excluding hydrogens is 204 g/mol. The lowest BCUT2D eigenvalue weighted by Crippen LogP contribution is -2.00. The van der Waals surface area contributed by atoms with E-state index in [9.17, 15) is 0 Å². The van der Waals surface area contributed by atoms with Crippen molar-refractivity contribution in [2.24, 2.45) is 4.99 Å². The summed E-state index contributed by atoms with van der Waals surface area (Å²) in [7, 11) is 0. The number of anilines is 1. The van der Waals surface area contributed by atoms with Gasteiger partial charge in [-0.15, -0.1) is 0 Å². The number of nitrogen functional groups attached to an aromatic ring is 1. The Bertz CT molecular complexity index is 418. The first-order chi connectivity index (χ1) is 7.15. The SMILES string of the molecule is CCc1cc(C)c(N=C=S)c(CC)c1N. The van der Waals surface area contributed by atoms with Crippen LogP contribution in [-0.2, 0) is 12.8 Å². The van der Waals surface area contributed by atoms with Crippen LogP contribution in [0, 0.1) is 6.92 Å². The molecular formula is C12H16N2S. The maximum absolute atomic E-state index is 6.08. The standard InChI is InChI=1S/C12H16N2S/c1-4-9-6-8(3)12(14-7-15)10(5-2)11(9)13/h6H,4-5,13H2,1-3H3. The van der Waals surface area contributed by atoms with Crippen LogP contribution in [0.5, 0.6) is 0 Å². The summed E-state index contributed by atoms with van der Waals surface area (Å²) in [5.41, 5.74) is 11.2. The molecule has 15 heavy (non-hydrogen) atoms. The number of hydrogen-bond acceptors (Lipinski definition) is 3. The van der Waals surface area contributed by atoms with Crippen LogP contribution in [0.4, 0.5) is 11.4 Å². The van der Waals surface area contributed by atoms with E-state index in [4.69, 9.17) is 5.73 Å². The minimum absolute atomic E-state index is 0.856. The molecule has 0 aromatic heterocycles. The van der Waals surface area contributed by atoms with Crippen molar-refractivity contribution in [1.29, 1.82) is 0 Å². The fraction of sp³-hybridized carbons (Fsp3) is 0.417. The molecule has 0 radical (unpaired) electrons. The van der Waals surface area contributed by atoms with Crippen LogP contribution >= 0.6 is 12.2 Å². The van der Waals surface area contributed by atoms with Gasteiger partial charge in [-0.1, -0.05) is 19.9 Å². The van der Waals surface area contributed by atoms with E-state index in [-0.39, 0.29) is 0 Å². The largest absolute Gasteiger partial charge is 0.398 e. The lowest BCUT2D eigenvalue weighted by Gasteiger charge is -2.13. The van der Waals surface area contributed by atoms with Gasteiger partial charge in [0.1, 0.15) is 0 Å². The van der Waals surface area contributed by atoms with E-state index in [1.165, 1.54) is 5.56 Å². The fourth-order valence-electron chi connectivity index (χ4n) is 1.82. The monoisotopic (exact) mass is 220 g/mol. The van der Waals surface area contributed by atoms with Crippen molar-refractivity contribution in [2.75, 3.05) is 5.73 Å². The van der Waals surface area contributed by atoms with Gasteiger partial charge >= 0.3 is 0 Å². The van der Waals surface area contributed by atoms with E-state index in [1.807, 2.05) is 6.92 Å². The zero-order valence-corrected chi connectivity index (χ0v) is 10.2. The Labute approximate surface area is 96.2 Å². The summed E-state index contributed by atoms with van der Waals surface area (Å²) in [6, 6.07) is 2.08. The third-order valence-electron chi connectivity index (χ3n) is 2.61. The highest BCUT2D eigenvalue weighted by molar-refractivity contribution is 7.78. The van der Waals surface area contributed by atoms with Gasteiger partial charge in [-0.25, -0.2) is 0 Å². The number of aliphatic imine (C=N–C) groups is 1. The molecule has 80 valence electrons. The maximum atomic E-state index is 6.08. The molecule has 1 rings (SSSR count). The van der Waals surface area contributed by atoms with Crippen LogP contribution in [0.25, 0.3) is 0 Å². The normalized spacial score (nSPS) is 9.80. The molecule has 2 nitrogen and oxygen atoms in total. The lowest BCUT2D eigenvalue weighted by atomic mass is 9.97. The molecule has 0 atom stereocenters. The minimum Gasteiger partial charge on any atom is -0.398 e. The van der Waals surface area contributed by atoms with Crippen LogP contribution < -0.4 is 5.73 Å². The molecule has 0 saturated carbocycles. The van der Waals surface area contributed by atoms with E-state index in [0.717, 1.165) is 35.3 Å². The van der Waals surface area contributed by atoms with Gasteiger partial charge in [0.05, 0.1) is 10.8 Å². The minimum atomic E-state index is 0.856. The second kappa shape index (κ2) is 5.06. The first-order valence-electron chi connectivity index (χ1n) is 5.14. The van der Waals surface area contributed by atoms with Crippen LogP contribution in [0.3, 0.4) is 0 Å². The van der Waals surface area contributed by atoms with Gasteiger partial charge < -0.3 is 5.73 Å². The molecule has 0 aliphatic carbocycles. The van der Waals surface area contributed by atoms with Crippen molar-refractivity contribution in [2.45, 2.75) is 33.6 Å². The lowest BCUT2D eigenvalue weighted by molar-refractivity contribution is 1.08. The molecule has 0 saturated heterocycles. The number of nitrogens with zero attached hydrogens (tertiary/aromatic N) is 1. The van der Waals surface area contributed by atoms with E-state index in [0.29, 0.717) is 0 Å². The van der Waals surface area contributed by atoms with E-state index < -0.39 is 0 Å². The third kappa shape index (κ3) is 2.25. The Kier molecular flexibility index (Phi) is 4.01. The molecule has 1 aromatic carbocycles. The summed E-state index contributed by atoms with van der Waals surface area (Å²) in [4.78, 5) is 4.10. The molecule has 0 aliphatic heterocycles. The molecule has 0 aliphatic rings. The highest BCUT2D eigenvalue weighted by Crippen LogP contribution is 2.32. The molecule has 0 unspecified atom stereocenters. The topological polar surface area (TPSA) is 38.4 Å². The van der Waals surface area contributed by atoms with Crippen molar-refractivity contribution in [3.63, 3.8) is 0 Å². The molecule has 2 N–H and O–H groups in total. The first kappa shape index (κ1) is 11.9. The Balaban J connectivity index is 3.52. The fourth-order valence-corrected chi connectivity index (χ4v) is 1.91. The number of nitrogens with two attached hydrogens (primary N) is 1. The van der Waals surface area contributed by atoms with Crippen molar-refractivity contribution in [1.82, 2.24) is 0 Å². The van der Waals surface area contributed by atoms with E-state index in [2.05, 4.69) is 42.3 Å². The Morgan fingerprint density at radius 1 is 1.40 bits per heavy atom. The zero-order chi connectivity index (χ0) is 11.4. The van der Waals surface area contributed by atoms with Crippen molar-refractivity contribution < 1.29 is 0 Å². The highest BCUT2D eigenvalue weighted by atomic mass is 32.1. The number of rotatable bonds is 3. The number of hydrogen-bond donors (Lipinski definition) is 1. The van der Waals surface area contributed by atoms with Crippen molar-refractivity contribution in [3.8, 4) is 0 Å². The van der Waals surface area contributed by atoms with Crippen LogP contribution in [0.2, 0.25) is 0 Å². The van der Waals surface area contributed by atoms with Gasteiger partial charge in [0, 0.05) is 11.3 Å². The van der Waals surface area contributed by atoms with Crippen LogP contribution in [0.15, 0.2) is 11.1 Å². The Morgan fingerprint density at radius 3 is 2.53 bits per heavy atom. The summed E-state index contributed by atoms with van der Waals surface area (Å²) in [5.74, 6) is 0. The van der Waals surface area contributed by atoms with Gasteiger partial charge in [-0.2, -0.15) is 4.99 Å². The molecule has 1 aromatic rings. The van der Waals surface area contributed by atoms with Crippen molar-refractivity contribution in [3.05, 3.63) is 22.8 Å². The second-order valence-electron chi connectivity index (χ2n) is 3.50. The van der Waals surface area contributed by atoms with Gasteiger partial charge in [0.2, 0.25) is 0 Å². The molecule has 0 amide bonds. The number of benzene rings is 1. The van der Waals surface area contributed by atoms with Gasteiger partial charge in [0.15, 0.2) is 0 Å². The Hall–Kier alpha value is -1.18. The second-order valence-corrected chi connectivity index (χ2v) is 3.69. The molecule has 0 spiro atoms. The zero-order valence-electron chi connectivity index (χ0n) is 9.42. The molecule has 0 heterocycles. The quantitative estimate of drug-likeness (QED) is 0.481. The summed E-state index contributed by atoms with van der Waals surface area (Å²) in [6.45, 7) is 6.21.